The molecule has 2 N–H and O–H groups in total. The fourth-order valence-electron chi connectivity index (χ4n) is 5.48. The van der Waals surface area contributed by atoms with Gasteiger partial charge in [-0.1, -0.05) is 0 Å². The Labute approximate surface area is 221 Å². The number of hydrogen-bond acceptors (Lipinski definition) is 8. The van der Waals surface area contributed by atoms with Crippen LogP contribution >= 0.6 is 0 Å². The summed E-state index contributed by atoms with van der Waals surface area (Å²) in [7, 11) is -2.97. The van der Waals surface area contributed by atoms with Crippen LogP contribution in [-0.4, -0.2) is 62.4 Å². The Morgan fingerprint density at radius 1 is 1.03 bits per heavy atom. The van der Waals surface area contributed by atoms with Gasteiger partial charge in [0.25, 0.3) is 11.8 Å². The highest BCUT2D eigenvalue weighted by atomic mass is 32.2. The Hall–Kier alpha value is -2.89. The van der Waals surface area contributed by atoms with E-state index in [0.717, 1.165) is 38.8 Å². The number of pyridine rings is 1. The summed E-state index contributed by atoms with van der Waals surface area (Å²) in [6.07, 6.45) is 7.01. The summed E-state index contributed by atoms with van der Waals surface area (Å²) >= 11 is 0. The molecule has 6 rings (SSSR count). The van der Waals surface area contributed by atoms with Crippen LogP contribution in [0, 0.1) is 17.1 Å². The minimum Gasteiger partial charge on any atom is -0.370 e. The van der Waals surface area contributed by atoms with Crippen LogP contribution < -0.4 is 15.1 Å². The number of alkyl halides is 2. The van der Waals surface area contributed by atoms with Crippen LogP contribution in [0.4, 0.5) is 26.2 Å². The summed E-state index contributed by atoms with van der Waals surface area (Å²) in [5, 5.41) is 2.68. The van der Waals surface area contributed by atoms with Crippen LogP contribution in [0.25, 0.3) is 0 Å². The highest BCUT2D eigenvalue weighted by Crippen LogP contribution is 2.54. The Kier molecular flexibility index (Phi) is 6.08. The number of carbonyl (C=O) groups excluding carboxylic acids is 1. The first-order valence-electron chi connectivity index (χ1n) is 13.4. The molecule has 38 heavy (non-hydrogen) atoms. The molecular formula is C26H33F2N7O2S. The highest BCUT2D eigenvalue weighted by Gasteiger charge is 2.45. The lowest BCUT2D eigenvalue weighted by Gasteiger charge is -2.34. The van der Waals surface area contributed by atoms with Crippen molar-refractivity contribution in [3.63, 3.8) is 0 Å². The summed E-state index contributed by atoms with van der Waals surface area (Å²) in [5.41, 5.74) is 1.84. The van der Waals surface area contributed by atoms with E-state index in [2.05, 4.69) is 25.2 Å². The van der Waals surface area contributed by atoms with Crippen molar-refractivity contribution in [2.75, 3.05) is 41.3 Å². The maximum absolute atomic E-state index is 13.6. The molecule has 2 saturated carbocycles. The summed E-state index contributed by atoms with van der Waals surface area (Å²) in [5.74, 6) is -2.57. The number of aryl methyl sites for hydroxylation is 1. The van der Waals surface area contributed by atoms with Gasteiger partial charge in [-0.3, -0.25) is 4.79 Å². The molecule has 1 amide bonds. The van der Waals surface area contributed by atoms with E-state index in [-0.39, 0.29) is 42.7 Å². The summed E-state index contributed by atoms with van der Waals surface area (Å²) in [4.78, 5) is 31.0. The quantitative estimate of drug-likeness (QED) is 0.544. The van der Waals surface area contributed by atoms with Gasteiger partial charge in [0.15, 0.2) is 5.69 Å². The third-order valence-corrected chi connectivity index (χ3v) is 10.7. The molecule has 2 aromatic rings. The Morgan fingerprint density at radius 2 is 1.68 bits per heavy atom. The van der Waals surface area contributed by atoms with Gasteiger partial charge in [0.1, 0.15) is 5.82 Å². The fraction of sp³-hybridized carbons (Fsp3) is 0.615. The largest absolute Gasteiger partial charge is 0.370 e. The number of amides is 1. The van der Waals surface area contributed by atoms with Gasteiger partial charge >= 0.3 is 0 Å². The summed E-state index contributed by atoms with van der Waals surface area (Å²) in [6, 6.07) is 3.36. The van der Waals surface area contributed by atoms with Gasteiger partial charge in [-0.15, -0.1) is 0 Å². The van der Waals surface area contributed by atoms with Gasteiger partial charge in [-0.25, -0.2) is 27.7 Å². The molecule has 1 atom stereocenters. The number of halogens is 2. The van der Waals surface area contributed by atoms with Crippen molar-refractivity contribution >= 4 is 33.1 Å². The summed E-state index contributed by atoms with van der Waals surface area (Å²) < 4.78 is 48.9. The fourth-order valence-corrected chi connectivity index (χ4v) is 7.16. The van der Waals surface area contributed by atoms with Crippen LogP contribution in [0.2, 0.25) is 0 Å². The molecule has 4 fully saturated rings. The Morgan fingerprint density at radius 3 is 2.32 bits per heavy atom. The molecule has 2 aliphatic heterocycles. The van der Waals surface area contributed by atoms with Gasteiger partial charge in [-0.2, -0.15) is 4.98 Å². The maximum atomic E-state index is 13.6. The Balaban J connectivity index is 1.27. The van der Waals surface area contributed by atoms with Crippen molar-refractivity contribution in [3.05, 3.63) is 29.7 Å². The molecule has 4 aliphatic rings. The van der Waals surface area contributed by atoms with Crippen molar-refractivity contribution in [2.24, 2.45) is 5.41 Å². The van der Waals surface area contributed by atoms with Crippen molar-refractivity contribution in [1.29, 1.82) is 4.78 Å². The van der Waals surface area contributed by atoms with Gasteiger partial charge in [0.05, 0.1) is 20.3 Å². The maximum Gasteiger partial charge on any atom is 0.277 e. The molecule has 2 aliphatic carbocycles. The normalized spacial score (nSPS) is 23.7. The van der Waals surface area contributed by atoms with Crippen molar-refractivity contribution < 1.29 is 17.8 Å². The molecule has 0 aromatic carbocycles. The lowest BCUT2D eigenvalue weighted by atomic mass is 9.93. The molecule has 12 heteroatoms. The first kappa shape index (κ1) is 25.4. The van der Waals surface area contributed by atoms with Crippen molar-refractivity contribution in [1.82, 2.24) is 15.0 Å². The molecule has 204 valence electrons. The summed E-state index contributed by atoms with van der Waals surface area (Å²) in [6.45, 7) is 3.61. The molecule has 1 unspecified atom stereocenters. The SMILES string of the molecule is Cc1cc(NC(=O)c2ncc(S(=N)(=O)C3CC3)cc2N2CCC3(CC2)CC3)nc(N2CCC(F)(F)CC2)n1. The Bertz CT molecular complexity index is 1360. The average molecular weight is 546 g/mol. The third kappa shape index (κ3) is 5.06. The number of nitrogens with one attached hydrogen (secondary N) is 2. The van der Waals surface area contributed by atoms with Gasteiger partial charge in [0.2, 0.25) is 5.95 Å². The van der Waals surface area contributed by atoms with Crippen LogP contribution in [0.15, 0.2) is 23.2 Å². The third-order valence-electron chi connectivity index (χ3n) is 8.39. The number of hydrogen-bond donors (Lipinski definition) is 2. The zero-order valence-corrected chi connectivity index (χ0v) is 22.3. The average Bonchev–Trinajstić information content (AvgIpc) is 3.80. The number of rotatable bonds is 6. The van der Waals surface area contributed by atoms with E-state index in [1.807, 2.05) is 0 Å². The lowest BCUT2D eigenvalue weighted by molar-refractivity contribution is -0.0222. The van der Waals surface area contributed by atoms with Crippen LogP contribution in [0.1, 0.15) is 67.5 Å². The minimum atomic E-state index is -2.97. The number of nitrogens with zero attached hydrogens (tertiary/aromatic N) is 5. The predicted octanol–water partition coefficient (Wildman–Crippen LogP) is 4.62. The molecular weight excluding hydrogens is 512 g/mol. The van der Waals surface area contributed by atoms with Gasteiger partial charge < -0.3 is 15.1 Å². The second-order valence-corrected chi connectivity index (χ2v) is 13.7. The molecule has 1 spiro atoms. The highest BCUT2D eigenvalue weighted by molar-refractivity contribution is 7.93. The second kappa shape index (κ2) is 9.10. The minimum absolute atomic E-state index is 0.140. The van der Waals surface area contributed by atoms with E-state index in [9.17, 15) is 17.8 Å². The van der Waals surface area contributed by atoms with E-state index >= 15 is 0 Å². The zero-order valence-electron chi connectivity index (χ0n) is 21.5. The van der Waals surface area contributed by atoms with Crippen molar-refractivity contribution in [2.45, 2.75) is 74.4 Å². The second-order valence-electron chi connectivity index (χ2n) is 11.3. The first-order valence-corrected chi connectivity index (χ1v) is 15.0. The monoisotopic (exact) mass is 545 g/mol. The van der Waals surface area contributed by atoms with E-state index in [4.69, 9.17) is 4.78 Å². The molecule has 0 radical (unpaired) electrons. The van der Waals surface area contributed by atoms with Crippen molar-refractivity contribution in [3.8, 4) is 0 Å². The molecule has 4 heterocycles. The molecule has 2 aromatic heterocycles. The van der Waals surface area contributed by atoms with Gasteiger partial charge in [-0.05, 0) is 56.9 Å². The first-order chi connectivity index (χ1) is 18.0. The zero-order chi connectivity index (χ0) is 26.7. The number of anilines is 3. The smallest absolute Gasteiger partial charge is 0.277 e. The standard InChI is InChI=1S/C26H33F2N7O2S/c1-17-14-21(33-24(31-17)35-12-8-26(27,28)9-13-35)32-23(36)22-20(34-10-6-25(4-5-25)7-11-34)15-19(16-30-22)38(29,37)18-2-3-18/h14-16,18,29H,2-13H2,1H3,(H,31,32,33,36). The number of carbonyl (C=O) groups is 1. The predicted molar refractivity (Wildman–Crippen MR) is 141 cm³/mol. The van der Waals surface area contributed by atoms with Gasteiger partial charge in [0, 0.05) is 62.2 Å². The van der Waals surface area contributed by atoms with E-state index in [1.54, 1.807) is 24.0 Å². The van der Waals surface area contributed by atoms with E-state index in [0.29, 0.717) is 27.6 Å². The number of aromatic nitrogens is 3. The van der Waals surface area contributed by atoms with E-state index < -0.39 is 21.6 Å². The number of piperidine rings is 2. The topological polar surface area (TPSA) is 115 Å². The lowest BCUT2D eigenvalue weighted by Crippen LogP contribution is -2.40. The van der Waals surface area contributed by atoms with Crippen LogP contribution in [-0.2, 0) is 9.73 Å². The van der Waals surface area contributed by atoms with Crippen LogP contribution in [0.5, 0.6) is 0 Å². The molecule has 2 saturated heterocycles. The molecule has 0 bridgehead atoms. The van der Waals surface area contributed by atoms with Crippen LogP contribution in [0.3, 0.4) is 0 Å². The molecule has 9 nitrogen and oxygen atoms in total. The van der Waals surface area contributed by atoms with E-state index in [1.165, 1.54) is 19.0 Å².